The van der Waals surface area contributed by atoms with Crippen molar-refractivity contribution in [2.24, 2.45) is 5.92 Å². The van der Waals surface area contributed by atoms with Crippen LogP contribution in [0.25, 0.3) is 0 Å². The maximum atomic E-state index is 13.1. The Hall–Kier alpha value is -4.15. The minimum Gasteiger partial charge on any atom is -0.490 e. The molecule has 2 aromatic carbocycles. The zero-order valence-corrected chi connectivity index (χ0v) is 20.7. The lowest BCUT2D eigenvalue weighted by Gasteiger charge is -2.23. The van der Waals surface area contributed by atoms with Crippen LogP contribution >= 0.6 is 0 Å². The maximum absolute atomic E-state index is 13.1. The van der Waals surface area contributed by atoms with E-state index in [0.717, 1.165) is 5.56 Å². The average Bonchev–Trinajstić information content (AvgIpc) is 2.86. The van der Waals surface area contributed by atoms with Gasteiger partial charge in [-0.25, -0.2) is 9.59 Å². The number of nitro groups is 1. The molecule has 0 bridgehead atoms. The van der Waals surface area contributed by atoms with E-state index in [1.165, 1.54) is 26.4 Å². The molecule has 0 spiro atoms. The summed E-state index contributed by atoms with van der Waals surface area (Å²) in [5.41, 5.74) is 0.927. The van der Waals surface area contributed by atoms with Gasteiger partial charge in [-0.3, -0.25) is 14.9 Å². The highest BCUT2D eigenvalue weighted by atomic mass is 16.6. The summed E-state index contributed by atoms with van der Waals surface area (Å²) in [5.74, 6) is -1.25. The van der Waals surface area contributed by atoms with Crippen LogP contribution < -0.4 is 15.4 Å². The summed E-state index contributed by atoms with van der Waals surface area (Å²) >= 11 is 0. The van der Waals surface area contributed by atoms with Crippen molar-refractivity contribution in [1.29, 1.82) is 0 Å². The number of ether oxygens (including phenoxy) is 3. The van der Waals surface area contributed by atoms with Crippen molar-refractivity contribution in [3.8, 4) is 5.75 Å². The lowest BCUT2D eigenvalue weighted by Crippen LogP contribution is -2.53. The third kappa shape index (κ3) is 8.57. The summed E-state index contributed by atoms with van der Waals surface area (Å²) in [6.07, 6.45) is -0.565. The van der Waals surface area contributed by atoms with Gasteiger partial charge in [-0.15, -0.1) is 0 Å². The van der Waals surface area contributed by atoms with Gasteiger partial charge in [-0.05, 0) is 29.5 Å². The minimum absolute atomic E-state index is 0.0315. The molecule has 2 aromatic rings. The summed E-state index contributed by atoms with van der Waals surface area (Å²) in [6.45, 7) is 3.79. The number of benzene rings is 2. The summed E-state index contributed by atoms with van der Waals surface area (Å²) in [4.78, 5) is 48.6. The number of methoxy groups -OCH3 is 2. The average molecular weight is 502 g/mol. The highest BCUT2D eigenvalue weighted by Crippen LogP contribution is 2.28. The molecule has 2 amide bonds. The van der Waals surface area contributed by atoms with Gasteiger partial charge in [-0.1, -0.05) is 50.2 Å². The fourth-order valence-corrected chi connectivity index (χ4v) is 3.46. The van der Waals surface area contributed by atoms with Gasteiger partial charge in [0.05, 0.1) is 19.1 Å². The number of nitro benzene ring substituents is 1. The highest BCUT2D eigenvalue weighted by Gasteiger charge is 2.29. The first-order chi connectivity index (χ1) is 17.1. The smallest absolute Gasteiger partial charge is 0.408 e. The van der Waals surface area contributed by atoms with Crippen molar-refractivity contribution < 1.29 is 33.5 Å². The Balaban J connectivity index is 2.13. The van der Waals surface area contributed by atoms with Crippen LogP contribution in [0.5, 0.6) is 5.75 Å². The maximum Gasteiger partial charge on any atom is 0.408 e. The van der Waals surface area contributed by atoms with Gasteiger partial charge in [-0.2, -0.15) is 0 Å². The Morgan fingerprint density at radius 1 is 0.972 bits per heavy atom. The Labute approximate surface area is 209 Å². The van der Waals surface area contributed by atoms with Gasteiger partial charge in [0.1, 0.15) is 18.7 Å². The van der Waals surface area contributed by atoms with E-state index in [1.54, 1.807) is 18.2 Å². The number of hydrogen-bond donors (Lipinski definition) is 2. The standard InChI is InChI=1S/C25H31N3O8/c1-16(2)12-19(27-25(31)36-15-17-8-6-5-7-9-17)23(29)26-20(24(30)35-4)13-18-10-11-22(34-3)21(14-18)28(32)33/h5-11,14,16,19-20H,12-13,15H2,1-4H3,(H,26,29)(H,27,31)/t19-,20+/m0/s1. The highest BCUT2D eigenvalue weighted by molar-refractivity contribution is 5.89. The molecule has 2 N–H and O–H groups in total. The molecule has 2 rings (SSSR count). The van der Waals surface area contributed by atoms with Crippen LogP contribution in [0.15, 0.2) is 48.5 Å². The largest absolute Gasteiger partial charge is 0.490 e. The molecular formula is C25H31N3O8. The fraction of sp³-hybridized carbons (Fsp3) is 0.400. The number of nitrogens with zero attached hydrogens (tertiary/aromatic N) is 1. The van der Waals surface area contributed by atoms with Gasteiger partial charge in [0.15, 0.2) is 5.75 Å². The number of carbonyl (C=O) groups excluding carboxylic acids is 3. The lowest BCUT2D eigenvalue weighted by molar-refractivity contribution is -0.385. The van der Waals surface area contributed by atoms with Crippen molar-refractivity contribution in [3.63, 3.8) is 0 Å². The van der Waals surface area contributed by atoms with Gasteiger partial charge in [0.25, 0.3) is 0 Å². The predicted octanol–water partition coefficient (Wildman–Crippen LogP) is 3.14. The van der Waals surface area contributed by atoms with E-state index in [-0.39, 0.29) is 36.8 Å². The Kier molecular flexibility index (Phi) is 10.7. The van der Waals surface area contributed by atoms with E-state index >= 15 is 0 Å². The number of alkyl carbamates (subject to hydrolysis) is 1. The van der Waals surface area contributed by atoms with Gasteiger partial charge in [0.2, 0.25) is 5.91 Å². The second-order valence-electron chi connectivity index (χ2n) is 8.44. The monoisotopic (exact) mass is 501 g/mol. The van der Waals surface area contributed by atoms with Crippen molar-refractivity contribution in [3.05, 3.63) is 69.8 Å². The van der Waals surface area contributed by atoms with Crippen molar-refractivity contribution in [1.82, 2.24) is 10.6 Å². The molecule has 0 saturated carbocycles. The SMILES string of the molecule is COC(=O)[C@@H](Cc1ccc(OC)c([N+](=O)[O-])c1)NC(=O)[C@H](CC(C)C)NC(=O)OCc1ccccc1. The Morgan fingerprint density at radius 3 is 2.25 bits per heavy atom. The predicted molar refractivity (Wildman–Crippen MR) is 130 cm³/mol. The molecule has 194 valence electrons. The molecule has 11 heteroatoms. The molecule has 36 heavy (non-hydrogen) atoms. The van der Waals surface area contributed by atoms with Crippen molar-refractivity contribution in [2.75, 3.05) is 14.2 Å². The number of amides is 2. The van der Waals surface area contributed by atoms with Crippen LogP contribution in [0.3, 0.4) is 0 Å². The van der Waals surface area contributed by atoms with E-state index in [4.69, 9.17) is 14.2 Å². The number of nitrogens with one attached hydrogen (secondary N) is 2. The molecule has 2 atom stereocenters. The number of carbonyl (C=O) groups is 3. The second-order valence-corrected chi connectivity index (χ2v) is 8.44. The molecule has 0 radical (unpaired) electrons. The third-order valence-electron chi connectivity index (χ3n) is 5.21. The number of esters is 1. The van der Waals surface area contributed by atoms with Crippen LogP contribution in [0.4, 0.5) is 10.5 Å². The first kappa shape index (κ1) is 28.1. The first-order valence-electron chi connectivity index (χ1n) is 11.3. The molecule has 0 aliphatic heterocycles. The van der Waals surface area contributed by atoms with E-state index in [1.807, 2.05) is 32.0 Å². The quantitative estimate of drug-likeness (QED) is 0.256. The topological polar surface area (TPSA) is 146 Å². The van der Waals surface area contributed by atoms with Crippen LogP contribution in [0, 0.1) is 16.0 Å². The Morgan fingerprint density at radius 2 is 1.67 bits per heavy atom. The van der Waals surface area contributed by atoms with E-state index < -0.39 is 35.0 Å². The van der Waals surface area contributed by atoms with Crippen LogP contribution in [0.2, 0.25) is 0 Å². The van der Waals surface area contributed by atoms with Gasteiger partial charge < -0.3 is 24.8 Å². The van der Waals surface area contributed by atoms with E-state index in [9.17, 15) is 24.5 Å². The molecule has 0 unspecified atom stereocenters. The molecule has 0 aliphatic rings. The van der Waals surface area contributed by atoms with Gasteiger partial charge >= 0.3 is 17.7 Å². The molecule has 0 saturated heterocycles. The molecule has 0 aromatic heterocycles. The summed E-state index contributed by atoms with van der Waals surface area (Å²) in [6, 6.07) is 11.2. The summed E-state index contributed by atoms with van der Waals surface area (Å²) in [5, 5.41) is 16.5. The lowest BCUT2D eigenvalue weighted by atomic mass is 10.0. The molecule has 0 heterocycles. The zero-order chi connectivity index (χ0) is 26.7. The minimum atomic E-state index is -1.15. The number of hydrogen-bond acceptors (Lipinski definition) is 8. The Bertz CT molecular complexity index is 1060. The zero-order valence-electron chi connectivity index (χ0n) is 20.7. The normalized spacial score (nSPS) is 12.2. The van der Waals surface area contributed by atoms with Crippen LogP contribution in [-0.2, 0) is 32.1 Å². The third-order valence-corrected chi connectivity index (χ3v) is 5.21. The van der Waals surface area contributed by atoms with Crippen molar-refractivity contribution in [2.45, 2.75) is 45.4 Å². The molecule has 11 nitrogen and oxygen atoms in total. The fourth-order valence-electron chi connectivity index (χ4n) is 3.46. The summed E-state index contributed by atoms with van der Waals surface area (Å²) in [7, 11) is 2.48. The second kappa shape index (κ2) is 13.7. The molecule has 0 fully saturated rings. The van der Waals surface area contributed by atoms with Gasteiger partial charge in [0, 0.05) is 12.5 Å². The van der Waals surface area contributed by atoms with Crippen LogP contribution in [0.1, 0.15) is 31.4 Å². The van der Waals surface area contributed by atoms with Crippen LogP contribution in [-0.4, -0.2) is 49.2 Å². The van der Waals surface area contributed by atoms with E-state index in [2.05, 4.69) is 10.6 Å². The summed E-state index contributed by atoms with van der Waals surface area (Å²) < 4.78 is 15.0. The van der Waals surface area contributed by atoms with Crippen molar-refractivity contribution >= 4 is 23.7 Å². The number of rotatable bonds is 12. The first-order valence-corrected chi connectivity index (χ1v) is 11.3. The molecular weight excluding hydrogens is 470 g/mol. The van der Waals surface area contributed by atoms with E-state index in [0.29, 0.717) is 5.56 Å². The molecule has 0 aliphatic carbocycles.